The van der Waals surface area contributed by atoms with Gasteiger partial charge in [-0.3, -0.25) is 14.4 Å². The third-order valence-corrected chi connectivity index (χ3v) is 10.8. The SMILES string of the molecule is C/C1=C\[C@@H](O)C(=O)/C=C/C=C\c2csc(n2)[C@@H](C)NC(=O)C[C@@]2(CC1)[S+]([O-])SC(=O)[C@]2(C)O. The Bertz CT molecular complexity index is 1030. The number of aliphatic hydroxyl groups excluding tert-OH is 1. The van der Waals surface area contributed by atoms with E-state index < -0.39 is 49.5 Å². The summed E-state index contributed by atoms with van der Waals surface area (Å²) in [6.07, 6.45) is 6.07. The fraction of sp³-hybridized carbons (Fsp3) is 0.455. The summed E-state index contributed by atoms with van der Waals surface area (Å²) >= 11 is 1.35. The van der Waals surface area contributed by atoms with Crippen LogP contribution in [0.25, 0.3) is 6.08 Å². The minimum atomic E-state index is -1.99. The van der Waals surface area contributed by atoms with Gasteiger partial charge in [0, 0.05) is 22.0 Å². The van der Waals surface area contributed by atoms with Crippen molar-refractivity contribution in [1.82, 2.24) is 10.3 Å². The molecule has 2 bridgehead atoms. The average Bonchev–Trinajstić information content (AvgIpc) is 3.27. The molecule has 2 aliphatic heterocycles. The van der Waals surface area contributed by atoms with Crippen molar-refractivity contribution in [1.29, 1.82) is 0 Å². The molecule has 1 aromatic heterocycles. The molecule has 1 amide bonds. The molecule has 3 N–H and O–H groups in total. The largest absolute Gasteiger partial charge is 0.604 e. The number of nitrogens with one attached hydrogen (secondary N) is 1. The predicted octanol–water partition coefficient (Wildman–Crippen LogP) is 2.38. The van der Waals surface area contributed by atoms with E-state index in [1.54, 1.807) is 31.4 Å². The molecule has 1 saturated heterocycles. The van der Waals surface area contributed by atoms with Gasteiger partial charge in [0.15, 0.2) is 26.9 Å². The van der Waals surface area contributed by atoms with E-state index in [-0.39, 0.29) is 19.3 Å². The van der Waals surface area contributed by atoms with E-state index in [0.29, 0.717) is 27.1 Å². The Morgan fingerprint density at radius 2 is 1.97 bits per heavy atom. The second-order valence-corrected chi connectivity index (χ2v) is 12.4. The number of ketones is 1. The quantitative estimate of drug-likeness (QED) is 0.275. The van der Waals surface area contributed by atoms with Crippen LogP contribution in [0.2, 0.25) is 0 Å². The van der Waals surface area contributed by atoms with Gasteiger partial charge in [0.1, 0.15) is 11.1 Å². The maximum atomic E-state index is 13.0. The van der Waals surface area contributed by atoms with Gasteiger partial charge < -0.3 is 20.1 Å². The number of thiazole rings is 1. The van der Waals surface area contributed by atoms with Crippen LogP contribution in [-0.2, 0) is 24.6 Å². The average molecular weight is 511 g/mol. The minimum absolute atomic E-state index is 0.0520. The lowest BCUT2D eigenvalue weighted by Crippen LogP contribution is -2.56. The van der Waals surface area contributed by atoms with E-state index in [0.717, 1.165) is 0 Å². The Balaban J connectivity index is 1.99. The molecule has 1 unspecified atom stereocenters. The van der Waals surface area contributed by atoms with Gasteiger partial charge >= 0.3 is 0 Å². The van der Waals surface area contributed by atoms with E-state index in [4.69, 9.17) is 0 Å². The number of carbonyl (C=O) groups is 3. The van der Waals surface area contributed by atoms with Crippen LogP contribution in [-0.4, -0.2) is 53.0 Å². The van der Waals surface area contributed by atoms with Crippen molar-refractivity contribution in [2.45, 2.75) is 62.5 Å². The number of fused-ring (bicyclic) bond motifs is 2. The van der Waals surface area contributed by atoms with Gasteiger partial charge in [0.05, 0.1) is 18.2 Å². The molecular weight excluding hydrogens is 484 g/mol. The number of rotatable bonds is 0. The second-order valence-electron chi connectivity index (χ2n) is 8.33. The highest BCUT2D eigenvalue weighted by Crippen LogP contribution is 2.52. The summed E-state index contributed by atoms with van der Waals surface area (Å²) in [6, 6.07) is -0.433. The first-order chi connectivity index (χ1) is 15.5. The minimum Gasteiger partial charge on any atom is -0.604 e. The zero-order valence-electron chi connectivity index (χ0n) is 18.4. The molecule has 11 heteroatoms. The van der Waals surface area contributed by atoms with E-state index in [2.05, 4.69) is 10.3 Å². The van der Waals surface area contributed by atoms with Crippen LogP contribution in [0.15, 0.2) is 35.3 Å². The highest BCUT2D eigenvalue weighted by molar-refractivity contribution is 8.79. The molecule has 1 spiro atoms. The van der Waals surface area contributed by atoms with E-state index in [1.807, 2.05) is 0 Å². The standard InChI is InChI=1S/C22H26N2O6S3/c1-13-8-9-22(21(3,29)20(28)32-33(22)30)11-18(27)23-14(2)19-24-15(12-31-19)6-4-5-7-16(25)17(26)10-13/h4-7,10,12,14,17,26,29H,8-9,11H2,1-3H3,(H,23,27)/b6-4-,7-5+,13-10+/t14-,17-,21+,22-,33?/m1/s1. The van der Waals surface area contributed by atoms with Crippen molar-refractivity contribution in [3.8, 4) is 0 Å². The molecule has 0 aliphatic carbocycles. The molecular formula is C22H26N2O6S3. The lowest BCUT2D eigenvalue weighted by molar-refractivity contribution is -0.132. The topological polar surface area (TPSA) is 140 Å². The molecule has 3 rings (SSSR count). The molecule has 178 valence electrons. The van der Waals surface area contributed by atoms with E-state index >= 15 is 0 Å². The van der Waals surface area contributed by atoms with Crippen LogP contribution in [0, 0.1) is 0 Å². The number of hydrogen-bond donors (Lipinski definition) is 3. The zero-order valence-corrected chi connectivity index (χ0v) is 20.9. The van der Waals surface area contributed by atoms with Crippen molar-refractivity contribution >= 4 is 55.2 Å². The summed E-state index contributed by atoms with van der Waals surface area (Å²) in [6.45, 7) is 4.75. The fourth-order valence-electron chi connectivity index (χ4n) is 3.65. The molecule has 0 saturated carbocycles. The Morgan fingerprint density at radius 1 is 1.27 bits per heavy atom. The summed E-state index contributed by atoms with van der Waals surface area (Å²) in [5.74, 6) is -0.969. The van der Waals surface area contributed by atoms with Gasteiger partial charge in [0.2, 0.25) is 5.91 Å². The normalized spacial score (nSPS) is 37.7. The maximum absolute atomic E-state index is 13.0. The third kappa shape index (κ3) is 5.50. The van der Waals surface area contributed by atoms with Crippen molar-refractivity contribution in [3.63, 3.8) is 0 Å². The number of hydrogen-bond acceptors (Lipinski definition) is 9. The first kappa shape index (κ1) is 25.9. The maximum Gasteiger partial charge on any atom is 0.276 e. The second kappa shape index (κ2) is 10.2. The summed E-state index contributed by atoms with van der Waals surface area (Å²) in [7, 11) is -1.33. The summed E-state index contributed by atoms with van der Waals surface area (Å²) in [5.41, 5.74) is -0.732. The smallest absolute Gasteiger partial charge is 0.276 e. The summed E-state index contributed by atoms with van der Waals surface area (Å²) in [4.78, 5) is 42.0. The van der Waals surface area contributed by atoms with Gasteiger partial charge in [-0.2, -0.15) is 0 Å². The highest BCUT2D eigenvalue weighted by atomic mass is 33.1. The first-order valence-electron chi connectivity index (χ1n) is 10.3. The Labute approximate surface area is 202 Å². The van der Waals surface area contributed by atoms with Crippen LogP contribution in [0.5, 0.6) is 0 Å². The number of aromatic nitrogens is 1. The Kier molecular flexibility index (Phi) is 8.03. The van der Waals surface area contributed by atoms with E-state index in [1.165, 1.54) is 36.5 Å². The van der Waals surface area contributed by atoms with Gasteiger partial charge in [-0.15, -0.1) is 11.3 Å². The molecule has 0 aromatic carbocycles. The molecule has 1 aromatic rings. The van der Waals surface area contributed by atoms with Crippen LogP contribution < -0.4 is 5.32 Å². The van der Waals surface area contributed by atoms with Gasteiger partial charge in [-0.1, -0.05) is 17.7 Å². The zero-order chi connectivity index (χ0) is 24.4. The molecule has 2 aliphatic rings. The number of nitrogens with zero attached hydrogens (tertiary/aromatic N) is 1. The van der Waals surface area contributed by atoms with Crippen LogP contribution in [0.3, 0.4) is 0 Å². The lowest BCUT2D eigenvalue weighted by Gasteiger charge is -2.35. The van der Waals surface area contributed by atoms with Gasteiger partial charge in [-0.25, -0.2) is 4.98 Å². The van der Waals surface area contributed by atoms with Crippen LogP contribution in [0.1, 0.15) is 56.8 Å². The monoisotopic (exact) mass is 510 g/mol. The van der Waals surface area contributed by atoms with Crippen LogP contribution in [0.4, 0.5) is 0 Å². The number of amides is 1. The third-order valence-electron chi connectivity index (χ3n) is 5.78. The van der Waals surface area contributed by atoms with Crippen LogP contribution >= 0.6 is 22.1 Å². The summed E-state index contributed by atoms with van der Waals surface area (Å²) < 4.78 is 11.5. The molecule has 1 fully saturated rings. The highest BCUT2D eigenvalue weighted by Gasteiger charge is 2.69. The van der Waals surface area contributed by atoms with E-state index in [9.17, 15) is 29.1 Å². The first-order valence-corrected chi connectivity index (χ1v) is 13.7. The number of allylic oxidation sites excluding steroid dienone is 3. The van der Waals surface area contributed by atoms with Crippen molar-refractivity contribution in [2.24, 2.45) is 0 Å². The molecule has 5 atom stereocenters. The molecule has 33 heavy (non-hydrogen) atoms. The Hall–Kier alpha value is -1.76. The number of carbonyl (C=O) groups excluding carboxylic acids is 3. The molecule has 0 radical (unpaired) electrons. The van der Waals surface area contributed by atoms with Crippen molar-refractivity contribution < 1.29 is 29.1 Å². The van der Waals surface area contributed by atoms with Crippen molar-refractivity contribution in [2.75, 3.05) is 0 Å². The van der Waals surface area contributed by atoms with Gasteiger partial charge in [-0.05, 0) is 45.4 Å². The van der Waals surface area contributed by atoms with Gasteiger partial charge in [0.25, 0.3) is 5.12 Å². The summed E-state index contributed by atoms with van der Waals surface area (Å²) in [5, 5.41) is 25.8. The Morgan fingerprint density at radius 3 is 2.64 bits per heavy atom. The molecule has 3 heterocycles. The van der Waals surface area contributed by atoms with Crippen molar-refractivity contribution in [3.05, 3.63) is 46.0 Å². The number of aliphatic hydroxyl groups is 2. The molecule has 8 nitrogen and oxygen atoms in total. The predicted molar refractivity (Wildman–Crippen MR) is 130 cm³/mol. The lowest BCUT2D eigenvalue weighted by atomic mass is 9.81. The fourth-order valence-corrected chi connectivity index (χ4v) is 8.39.